The molecule has 2 rings (SSSR count). The lowest BCUT2D eigenvalue weighted by Gasteiger charge is -2.06. The molecule has 1 heterocycles. The van der Waals surface area contributed by atoms with Crippen molar-refractivity contribution in [2.24, 2.45) is 0 Å². The van der Waals surface area contributed by atoms with Crippen molar-refractivity contribution in [1.82, 2.24) is 5.32 Å². The normalized spacial score (nSPS) is 9.83. The number of ether oxygens (including phenoxy) is 1. The topological polar surface area (TPSA) is 62.2 Å². The van der Waals surface area contributed by atoms with E-state index < -0.39 is 5.91 Å². The molecule has 0 atom stereocenters. The molecule has 92 valence electrons. The standard InChI is InChI=1S/C13H12N2O2S/c1-15-13(16)11(14)12-10(7-8-18-12)17-9-5-3-2-4-6-9/h2-8,14H,1H3,(H,15,16). The minimum absolute atomic E-state index is 0.0848. The molecular formula is C13H12N2O2S. The van der Waals surface area contributed by atoms with Crippen molar-refractivity contribution in [3.05, 3.63) is 46.7 Å². The lowest BCUT2D eigenvalue weighted by Crippen LogP contribution is -2.27. The number of amides is 1. The Labute approximate surface area is 109 Å². The molecule has 5 heteroatoms. The second-order valence-electron chi connectivity index (χ2n) is 3.48. The molecule has 0 unspecified atom stereocenters. The van der Waals surface area contributed by atoms with Crippen LogP contribution in [-0.4, -0.2) is 18.7 Å². The molecule has 1 aromatic carbocycles. The number of para-hydroxylation sites is 1. The van der Waals surface area contributed by atoms with Crippen LogP contribution in [-0.2, 0) is 4.79 Å². The highest BCUT2D eigenvalue weighted by Crippen LogP contribution is 2.29. The highest BCUT2D eigenvalue weighted by atomic mass is 32.1. The number of carbonyl (C=O) groups excluding carboxylic acids is 1. The van der Waals surface area contributed by atoms with Crippen LogP contribution in [0.3, 0.4) is 0 Å². The van der Waals surface area contributed by atoms with E-state index in [0.29, 0.717) is 16.4 Å². The number of carbonyl (C=O) groups is 1. The maximum Gasteiger partial charge on any atom is 0.270 e. The summed E-state index contributed by atoms with van der Waals surface area (Å²) in [4.78, 5) is 12.0. The fourth-order valence-electron chi connectivity index (χ4n) is 1.40. The van der Waals surface area contributed by atoms with E-state index in [2.05, 4.69) is 5.32 Å². The summed E-state index contributed by atoms with van der Waals surface area (Å²) in [6.45, 7) is 0. The Morgan fingerprint density at radius 2 is 2.00 bits per heavy atom. The van der Waals surface area contributed by atoms with Gasteiger partial charge in [0.2, 0.25) is 0 Å². The lowest BCUT2D eigenvalue weighted by atomic mass is 10.2. The Morgan fingerprint density at radius 1 is 1.28 bits per heavy atom. The Morgan fingerprint density at radius 3 is 2.67 bits per heavy atom. The Balaban J connectivity index is 2.23. The summed E-state index contributed by atoms with van der Waals surface area (Å²) in [5.74, 6) is 0.789. The lowest BCUT2D eigenvalue weighted by molar-refractivity contribution is -0.114. The van der Waals surface area contributed by atoms with Gasteiger partial charge in [-0.25, -0.2) is 0 Å². The molecule has 1 amide bonds. The minimum Gasteiger partial charge on any atom is -0.456 e. The largest absolute Gasteiger partial charge is 0.456 e. The number of thiophene rings is 1. The van der Waals surface area contributed by atoms with Crippen molar-refractivity contribution in [1.29, 1.82) is 5.41 Å². The van der Waals surface area contributed by atoms with E-state index in [1.54, 1.807) is 11.4 Å². The van der Waals surface area contributed by atoms with Crippen LogP contribution < -0.4 is 10.1 Å². The predicted octanol–water partition coefficient (Wildman–Crippen LogP) is 2.65. The van der Waals surface area contributed by atoms with E-state index in [-0.39, 0.29) is 5.71 Å². The Hall–Kier alpha value is -2.14. The van der Waals surface area contributed by atoms with Crippen molar-refractivity contribution in [3.63, 3.8) is 0 Å². The molecule has 0 saturated heterocycles. The third-order valence-electron chi connectivity index (χ3n) is 2.28. The average Bonchev–Trinajstić information content (AvgIpc) is 2.86. The van der Waals surface area contributed by atoms with E-state index in [1.165, 1.54) is 18.4 Å². The van der Waals surface area contributed by atoms with Crippen LogP contribution in [0.1, 0.15) is 4.88 Å². The van der Waals surface area contributed by atoms with Crippen LogP contribution >= 0.6 is 11.3 Å². The number of benzene rings is 1. The third-order valence-corrected chi connectivity index (χ3v) is 3.19. The first-order chi connectivity index (χ1) is 8.72. The average molecular weight is 260 g/mol. The van der Waals surface area contributed by atoms with Crippen LogP contribution in [0.4, 0.5) is 0 Å². The van der Waals surface area contributed by atoms with Gasteiger partial charge in [-0.05, 0) is 23.6 Å². The summed E-state index contributed by atoms with van der Waals surface area (Å²) < 4.78 is 5.65. The summed E-state index contributed by atoms with van der Waals surface area (Å²) in [6.07, 6.45) is 0. The zero-order valence-electron chi connectivity index (χ0n) is 9.77. The van der Waals surface area contributed by atoms with Crippen LogP contribution in [0.5, 0.6) is 11.5 Å². The number of hydrogen-bond acceptors (Lipinski definition) is 4. The van der Waals surface area contributed by atoms with Gasteiger partial charge in [0.05, 0.1) is 0 Å². The molecule has 0 aliphatic heterocycles. The molecule has 2 aromatic rings. The van der Waals surface area contributed by atoms with Gasteiger partial charge in [0.25, 0.3) is 5.91 Å². The predicted molar refractivity (Wildman–Crippen MR) is 71.7 cm³/mol. The number of likely N-dealkylation sites (N-methyl/N-ethyl adjacent to an activating group) is 1. The first-order valence-corrected chi connectivity index (χ1v) is 6.21. The van der Waals surface area contributed by atoms with Gasteiger partial charge >= 0.3 is 0 Å². The second-order valence-corrected chi connectivity index (χ2v) is 4.40. The van der Waals surface area contributed by atoms with Crippen molar-refractivity contribution in [3.8, 4) is 11.5 Å². The number of rotatable bonds is 4. The fraction of sp³-hybridized carbons (Fsp3) is 0.0769. The van der Waals surface area contributed by atoms with Gasteiger partial charge in [0, 0.05) is 7.05 Å². The van der Waals surface area contributed by atoms with E-state index in [4.69, 9.17) is 10.1 Å². The molecule has 0 radical (unpaired) electrons. The molecule has 0 aliphatic rings. The first kappa shape index (κ1) is 12.3. The quantitative estimate of drug-likeness (QED) is 0.830. The molecule has 1 aromatic heterocycles. The smallest absolute Gasteiger partial charge is 0.270 e. The first-order valence-electron chi connectivity index (χ1n) is 5.33. The van der Waals surface area contributed by atoms with Crippen LogP contribution in [0.25, 0.3) is 0 Å². The van der Waals surface area contributed by atoms with Gasteiger partial charge in [-0.3, -0.25) is 10.2 Å². The van der Waals surface area contributed by atoms with E-state index in [1.807, 2.05) is 30.3 Å². The highest BCUT2D eigenvalue weighted by Gasteiger charge is 2.17. The van der Waals surface area contributed by atoms with Crippen LogP contribution in [0.15, 0.2) is 41.8 Å². The Kier molecular flexibility index (Phi) is 3.74. The molecule has 2 N–H and O–H groups in total. The molecule has 0 fully saturated rings. The summed E-state index contributed by atoms with van der Waals surface area (Å²) in [5, 5.41) is 12.0. The third kappa shape index (κ3) is 2.57. The van der Waals surface area contributed by atoms with Gasteiger partial charge in [0.15, 0.2) is 0 Å². The Bertz CT molecular complexity index is 563. The van der Waals surface area contributed by atoms with Crippen molar-refractivity contribution >= 4 is 23.0 Å². The minimum atomic E-state index is -0.421. The van der Waals surface area contributed by atoms with Gasteiger partial charge in [-0.15, -0.1) is 11.3 Å². The van der Waals surface area contributed by atoms with Gasteiger partial charge < -0.3 is 10.1 Å². The van der Waals surface area contributed by atoms with E-state index >= 15 is 0 Å². The number of hydrogen-bond donors (Lipinski definition) is 2. The summed E-state index contributed by atoms with van der Waals surface area (Å²) in [5.41, 5.74) is -0.0848. The van der Waals surface area contributed by atoms with Crippen LogP contribution in [0.2, 0.25) is 0 Å². The molecular weight excluding hydrogens is 248 g/mol. The molecule has 0 saturated carbocycles. The van der Waals surface area contributed by atoms with Crippen molar-refractivity contribution < 1.29 is 9.53 Å². The maximum absolute atomic E-state index is 11.4. The van der Waals surface area contributed by atoms with E-state index in [0.717, 1.165) is 0 Å². The zero-order chi connectivity index (χ0) is 13.0. The summed E-state index contributed by atoms with van der Waals surface area (Å²) >= 11 is 1.31. The monoisotopic (exact) mass is 260 g/mol. The maximum atomic E-state index is 11.4. The van der Waals surface area contributed by atoms with Gasteiger partial charge in [0.1, 0.15) is 22.1 Å². The van der Waals surface area contributed by atoms with Gasteiger partial charge in [-0.1, -0.05) is 18.2 Å². The molecule has 0 bridgehead atoms. The molecule has 4 nitrogen and oxygen atoms in total. The highest BCUT2D eigenvalue weighted by molar-refractivity contribution is 7.13. The fourth-order valence-corrected chi connectivity index (χ4v) is 2.17. The number of nitrogens with one attached hydrogen (secondary N) is 2. The summed E-state index contributed by atoms with van der Waals surface area (Å²) in [7, 11) is 1.50. The van der Waals surface area contributed by atoms with Crippen molar-refractivity contribution in [2.75, 3.05) is 7.05 Å². The van der Waals surface area contributed by atoms with Crippen LogP contribution in [0, 0.1) is 5.41 Å². The molecule has 0 spiro atoms. The summed E-state index contributed by atoms with van der Waals surface area (Å²) in [6, 6.07) is 11.0. The zero-order valence-corrected chi connectivity index (χ0v) is 10.6. The SMILES string of the molecule is CNC(=O)C(=N)c1sccc1Oc1ccccc1. The van der Waals surface area contributed by atoms with E-state index in [9.17, 15) is 4.79 Å². The van der Waals surface area contributed by atoms with Gasteiger partial charge in [-0.2, -0.15) is 0 Å². The molecule has 0 aliphatic carbocycles. The van der Waals surface area contributed by atoms with Crippen molar-refractivity contribution in [2.45, 2.75) is 0 Å². The molecule has 18 heavy (non-hydrogen) atoms. The second kappa shape index (κ2) is 5.46.